The number of aliphatic hydroxyl groups excluding tert-OH is 1. The average Bonchev–Trinajstić information content (AvgIpc) is 2.65. The zero-order valence-electron chi connectivity index (χ0n) is 7.58. The Morgan fingerprint density at radius 2 is 2.36 bits per heavy atom. The molecule has 0 aliphatic rings. The van der Waals surface area contributed by atoms with Crippen molar-refractivity contribution in [3.8, 4) is 5.75 Å². The van der Waals surface area contributed by atoms with Gasteiger partial charge in [-0.3, -0.25) is 0 Å². The van der Waals surface area contributed by atoms with E-state index in [2.05, 4.69) is 0 Å². The largest absolute Gasteiger partial charge is 0.494 e. The zero-order valence-corrected chi connectivity index (χ0v) is 9.15. The molecule has 2 rings (SSSR count). The lowest BCUT2D eigenvalue weighted by molar-refractivity contribution is 0.283. The second kappa shape index (κ2) is 3.77. The third kappa shape index (κ3) is 1.38. The third-order valence-corrected chi connectivity index (χ3v) is 3.30. The number of rotatable bonds is 2. The molecular weight excluding hydrogens is 220 g/mol. The molecule has 0 aliphatic carbocycles. The fourth-order valence-electron chi connectivity index (χ4n) is 1.46. The second-order valence-corrected chi connectivity index (χ2v) is 4.20. The smallest absolute Gasteiger partial charge is 0.155 e. The van der Waals surface area contributed by atoms with Crippen LogP contribution in [-0.4, -0.2) is 12.2 Å². The predicted octanol–water partition coefficient (Wildman–Crippen LogP) is 3.06. The summed E-state index contributed by atoms with van der Waals surface area (Å²) in [7, 11) is 1.60. The highest BCUT2D eigenvalue weighted by molar-refractivity contribution is 7.17. The Hall–Kier alpha value is -0.770. The van der Waals surface area contributed by atoms with Crippen molar-refractivity contribution in [1.82, 2.24) is 0 Å². The molecule has 0 amide bonds. The summed E-state index contributed by atoms with van der Waals surface area (Å²) in [5.41, 5.74) is 0.840. The van der Waals surface area contributed by atoms with Crippen molar-refractivity contribution in [2.45, 2.75) is 6.61 Å². The van der Waals surface area contributed by atoms with Crippen molar-refractivity contribution in [1.29, 1.82) is 0 Å². The van der Waals surface area contributed by atoms with Crippen LogP contribution in [0.5, 0.6) is 5.75 Å². The molecule has 1 heterocycles. The third-order valence-electron chi connectivity index (χ3n) is 2.11. The van der Waals surface area contributed by atoms with Gasteiger partial charge >= 0.3 is 0 Å². The molecule has 0 atom stereocenters. The van der Waals surface area contributed by atoms with Crippen LogP contribution >= 0.6 is 22.9 Å². The van der Waals surface area contributed by atoms with Gasteiger partial charge in [-0.05, 0) is 23.1 Å². The van der Waals surface area contributed by atoms with Crippen LogP contribution in [0.15, 0.2) is 17.5 Å². The van der Waals surface area contributed by atoms with Gasteiger partial charge in [-0.15, -0.1) is 11.3 Å². The van der Waals surface area contributed by atoms with Crippen LogP contribution in [0.3, 0.4) is 0 Å². The van der Waals surface area contributed by atoms with Crippen molar-refractivity contribution < 1.29 is 9.84 Å². The van der Waals surface area contributed by atoms with E-state index >= 15 is 0 Å². The van der Waals surface area contributed by atoms with E-state index in [0.717, 1.165) is 15.6 Å². The predicted molar refractivity (Wildman–Crippen MR) is 59.3 cm³/mol. The summed E-state index contributed by atoms with van der Waals surface area (Å²) in [5, 5.41) is 12.7. The first-order valence-electron chi connectivity index (χ1n) is 4.11. The minimum atomic E-state index is -0.00303. The van der Waals surface area contributed by atoms with Crippen molar-refractivity contribution in [3.63, 3.8) is 0 Å². The molecule has 0 saturated carbocycles. The standard InChI is InChI=1S/C10H9ClO2S/c1-13-9-8(11)4-6(5-12)7-2-3-14-10(7)9/h2-4,12H,5H2,1H3. The molecular formula is C10H9ClO2S. The summed E-state index contributed by atoms with van der Waals surface area (Å²) in [6.07, 6.45) is 0. The van der Waals surface area contributed by atoms with Crippen molar-refractivity contribution in [2.24, 2.45) is 0 Å². The number of halogens is 1. The van der Waals surface area contributed by atoms with E-state index < -0.39 is 0 Å². The van der Waals surface area contributed by atoms with Gasteiger partial charge in [0.15, 0.2) is 5.75 Å². The maximum absolute atomic E-state index is 9.15. The SMILES string of the molecule is COc1c(Cl)cc(CO)c2ccsc12. The van der Waals surface area contributed by atoms with Crippen LogP contribution in [-0.2, 0) is 6.61 Å². The number of fused-ring (bicyclic) bond motifs is 1. The normalized spacial score (nSPS) is 10.8. The molecule has 1 N–H and O–H groups in total. The molecule has 1 aromatic heterocycles. The number of hydrogen-bond acceptors (Lipinski definition) is 3. The molecule has 2 nitrogen and oxygen atoms in total. The Kier molecular flexibility index (Phi) is 2.63. The zero-order chi connectivity index (χ0) is 10.1. The Morgan fingerprint density at radius 3 is 3.00 bits per heavy atom. The van der Waals surface area contributed by atoms with E-state index in [4.69, 9.17) is 21.4 Å². The molecule has 4 heteroatoms. The van der Waals surface area contributed by atoms with Gasteiger partial charge in [0.2, 0.25) is 0 Å². The molecule has 0 unspecified atom stereocenters. The average molecular weight is 229 g/mol. The van der Waals surface area contributed by atoms with Gasteiger partial charge in [0.1, 0.15) is 0 Å². The number of methoxy groups -OCH3 is 1. The highest BCUT2D eigenvalue weighted by Gasteiger charge is 2.11. The first kappa shape index (κ1) is 9.77. The number of benzene rings is 1. The topological polar surface area (TPSA) is 29.5 Å². The summed E-state index contributed by atoms with van der Waals surface area (Å²) in [6, 6.07) is 3.71. The van der Waals surface area contributed by atoms with Gasteiger partial charge in [-0.1, -0.05) is 11.6 Å². The van der Waals surface area contributed by atoms with Crippen LogP contribution < -0.4 is 4.74 Å². The van der Waals surface area contributed by atoms with Gasteiger partial charge in [0, 0.05) is 5.39 Å². The Labute approximate surface area is 90.7 Å². The summed E-state index contributed by atoms with van der Waals surface area (Å²) in [4.78, 5) is 0. The van der Waals surface area contributed by atoms with E-state index in [-0.39, 0.29) is 6.61 Å². The molecule has 74 valence electrons. The summed E-state index contributed by atoms with van der Waals surface area (Å²) in [5.74, 6) is 0.689. The van der Waals surface area contributed by atoms with Crippen LogP contribution in [0.4, 0.5) is 0 Å². The van der Waals surface area contributed by atoms with Crippen LogP contribution in [0.1, 0.15) is 5.56 Å². The fraction of sp³-hybridized carbons (Fsp3) is 0.200. The molecule has 1 aromatic carbocycles. The van der Waals surface area contributed by atoms with Crippen molar-refractivity contribution in [2.75, 3.05) is 7.11 Å². The lowest BCUT2D eigenvalue weighted by Gasteiger charge is -2.07. The summed E-state index contributed by atoms with van der Waals surface area (Å²) >= 11 is 7.58. The Bertz CT molecular complexity index is 464. The number of ether oxygens (including phenoxy) is 1. The van der Waals surface area contributed by atoms with Gasteiger partial charge in [-0.2, -0.15) is 0 Å². The molecule has 0 fully saturated rings. The lowest BCUT2D eigenvalue weighted by Crippen LogP contribution is -1.89. The minimum absolute atomic E-state index is 0.00303. The first-order valence-corrected chi connectivity index (χ1v) is 5.37. The summed E-state index contributed by atoms with van der Waals surface area (Å²) in [6.45, 7) is -0.00303. The first-order chi connectivity index (χ1) is 6.77. The van der Waals surface area contributed by atoms with Crippen molar-refractivity contribution >= 4 is 33.0 Å². The van der Waals surface area contributed by atoms with Gasteiger partial charge in [0.05, 0.1) is 23.4 Å². The van der Waals surface area contributed by atoms with Crippen LogP contribution in [0.25, 0.3) is 10.1 Å². The molecule has 0 radical (unpaired) electrons. The molecule has 0 spiro atoms. The fourth-order valence-corrected chi connectivity index (χ4v) is 2.79. The number of hydrogen-bond donors (Lipinski definition) is 1. The highest BCUT2D eigenvalue weighted by atomic mass is 35.5. The van der Waals surface area contributed by atoms with Crippen LogP contribution in [0.2, 0.25) is 5.02 Å². The molecule has 2 aromatic rings. The molecule has 14 heavy (non-hydrogen) atoms. The monoisotopic (exact) mass is 228 g/mol. The van der Waals surface area contributed by atoms with Gasteiger partial charge in [0.25, 0.3) is 0 Å². The quantitative estimate of drug-likeness (QED) is 0.856. The van der Waals surface area contributed by atoms with E-state index in [0.29, 0.717) is 10.8 Å². The minimum Gasteiger partial charge on any atom is -0.494 e. The van der Waals surface area contributed by atoms with E-state index in [9.17, 15) is 0 Å². The molecule has 0 bridgehead atoms. The second-order valence-electron chi connectivity index (χ2n) is 2.87. The van der Waals surface area contributed by atoms with Gasteiger partial charge < -0.3 is 9.84 Å². The lowest BCUT2D eigenvalue weighted by atomic mass is 10.1. The van der Waals surface area contributed by atoms with E-state index in [1.807, 2.05) is 11.4 Å². The number of aliphatic hydroxyl groups is 1. The van der Waals surface area contributed by atoms with Crippen LogP contribution in [0, 0.1) is 0 Å². The number of thiophene rings is 1. The highest BCUT2D eigenvalue weighted by Crippen LogP contribution is 2.38. The molecule has 0 aliphatic heterocycles. The van der Waals surface area contributed by atoms with Gasteiger partial charge in [-0.25, -0.2) is 0 Å². The Morgan fingerprint density at radius 1 is 1.57 bits per heavy atom. The van der Waals surface area contributed by atoms with E-state index in [1.165, 1.54) is 0 Å². The maximum atomic E-state index is 9.15. The maximum Gasteiger partial charge on any atom is 0.155 e. The Balaban J connectivity index is 2.81. The molecule has 0 saturated heterocycles. The van der Waals surface area contributed by atoms with Crippen molar-refractivity contribution in [3.05, 3.63) is 28.1 Å². The summed E-state index contributed by atoms with van der Waals surface area (Å²) < 4.78 is 6.20. The van der Waals surface area contributed by atoms with E-state index in [1.54, 1.807) is 24.5 Å².